The van der Waals surface area contributed by atoms with E-state index in [1.165, 1.54) is 17.0 Å². The number of benzene rings is 4. The van der Waals surface area contributed by atoms with Gasteiger partial charge in [-0.25, -0.2) is 8.42 Å². The monoisotopic (exact) mass is 641 g/mol. The quantitative estimate of drug-likeness (QED) is 0.172. The van der Waals surface area contributed by atoms with Gasteiger partial charge in [-0.15, -0.1) is 0 Å². The second-order valence-electron chi connectivity index (χ2n) is 11.6. The molecule has 1 atom stereocenters. The smallest absolute Gasteiger partial charge is 0.264 e. The van der Waals surface area contributed by atoms with Gasteiger partial charge in [0.25, 0.3) is 10.0 Å². The number of carbonyl (C=O) groups excluding carboxylic acids is 2. The van der Waals surface area contributed by atoms with Crippen LogP contribution in [0.15, 0.2) is 114 Å². The van der Waals surface area contributed by atoms with Gasteiger partial charge in [0, 0.05) is 19.5 Å². The topological polar surface area (TPSA) is 96.0 Å². The summed E-state index contributed by atoms with van der Waals surface area (Å²) < 4.78 is 35.0. The Morgan fingerprint density at radius 1 is 0.804 bits per heavy atom. The predicted octanol–water partition coefficient (Wildman–Crippen LogP) is 6.00. The first-order valence-electron chi connectivity index (χ1n) is 15.6. The molecule has 1 N–H and O–H groups in total. The molecular weight excluding hydrogens is 598 g/mol. The Morgan fingerprint density at radius 2 is 1.39 bits per heavy atom. The van der Waals surface area contributed by atoms with Crippen molar-refractivity contribution in [3.8, 4) is 5.75 Å². The number of rotatable bonds is 15. The van der Waals surface area contributed by atoms with E-state index in [2.05, 4.69) is 5.32 Å². The summed E-state index contributed by atoms with van der Waals surface area (Å²) in [6.45, 7) is 8.28. The van der Waals surface area contributed by atoms with E-state index in [9.17, 15) is 18.0 Å². The first-order valence-corrected chi connectivity index (χ1v) is 17.0. The summed E-state index contributed by atoms with van der Waals surface area (Å²) in [6.07, 6.45) is 0.263. The van der Waals surface area contributed by atoms with Crippen LogP contribution in [0.5, 0.6) is 5.75 Å². The van der Waals surface area contributed by atoms with E-state index in [0.717, 1.165) is 21.0 Å². The number of sulfonamides is 1. The van der Waals surface area contributed by atoms with Crippen LogP contribution in [0.25, 0.3) is 0 Å². The normalized spacial score (nSPS) is 11.9. The highest BCUT2D eigenvalue weighted by Gasteiger charge is 2.34. The molecule has 0 aliphatic carbocycles. The number of anilines is 1. The zero-order valence-corrected chi connectivity index (χ0v) is 27.7. The summed E-state index contributed by atoms with van der Waals surface area (Å²) in [5, 5.41) is 3.01. The molecule has 0 saturated carbocycles. The summed E-state index contributed by atoms with van der Waals surface area (Å²) >= 11 is 0. The Kier molecular flexibility index (Phi) is 12.0. The molecule has 0 heterocycles. The molecule has 0 bridgehead atoms. The van der Waals surface area contributed by atoms with Crippen molar-refractivity contribution in [3.05, 3.63) is 126 Å². The average molecular weight is 642 g/mol. The lowest BCUT2D eigenvalue weighted by Gasteiger charge is -2.34. The fourth-order valence-electron chi connectivity index (χ4n) is 5.00. The lowest BCUT2D eigenvalue weighted by molar-refractivity contribution is -0.140. The fraction of sp³-hybridized carbons (Fsp3) is 0.297. The van der Waals surface area contributed by atoms with Crippen molar-refractivity contribution in [1.82, 2.24) is 10.2 Å². The minimum Gasteiger partial charge on any atom is -0.494 e. The highest BCUT2D eigenvalue weighted by molar-refractivity contribution is 7.92. The van der Waals surface area contributed by atoms with Crippen LogP contribution in [0, 0.1) is 12.8 Å². The van der Waals surface area contributed by atoms with Gasteiger partial charge in [0.15, 0.2) is 0 Å². The van der Waals surface area contributed by atoms with Crippen LogP contribution in [-0.4, -0.2) is 50.9 Å². The average Bonchev–Trinajstić information content (AvgIpc) is 3.06. The Morgan fingerprint density at radius 3 is 1.96 bits per heavy atom. The number of amides is 2. The second-order valence-corrected chi connectivity index (χ2v) is 13.5. The lowest BCUT2D eigenvalue weighted by Crippen LogP contribution is -2.53. The molecule has 2 amide bonds. The van der Waals surface area contributed by atoms with Crippen LogP contribution in [0.3, 0.4) is 0 Å². The first-order chi connectivity index (χ1) is 22.1. The molecule has 9 heteroatoms. The van der Waals surface area contributed by atoms with Crippen LogP contribution in [0.2, 0.25) is 0 Å². The van der Waals surface area contributed by atoms with E-state index in [4.69, 9.17) is 4.74 Å². The van der Waals surface area contributed by atoms with E-state index < -0.39 is 28.5 Å². The zero-order chi connectivity index (χ0) is 33.1. The molecule has 0 spiro atoms. The third kappa shape index (κ3) is 9.20. The molecule has 0 aromatic heterocycles. The number of nitrogens with one attached hydrogen (secondary N) is 1. The van der Waals surface area contributed by atoms with E-state index in [0.29, 0.717) is 24.6 Å². The van der Waals surface area contributed by atoms with E-state index >= 15 is 0 Å². The maximum Gasteiger partial charge on any atom is 0.264 e. The van der Waals surface area contributed by atoms with Gasteiger partial charge in [0.05, 0.1) is 17.2 Å². The standard InChI is InChI=1S/C37H43N3O5S/c1-5-45-33-20-22-34(23-21-33)46(43,44)40(32-18-16-29(4)17-19-32)27-36(41)39(26-31-14-10-7-11-15-31)35(37(42)38-25-28(2)3)24-30-12-8-6-9-13-30/h6-23,28,35H,5,24-27H2,1-4H3,(H,38,42). The molecule has 0 aliphatic rings. The molecule has 8 nitrogen and oxygen atoms in total. The summed E-state index contributed by atoms with van der Waals surface area (Å²) in [6, 6.07) is 31.2. The highest BCUT2D eigenvalue weighted by atomic mass is 32.2. The third-order valence-corrected chi connectivity index (χ3v) is 9.26. The van der Waals surface area contributed by atoms with Crippen molar-refractivity contribution in [2.45, 2.75) is 51.6 Å². The van der Waals surface area contributed by atoms with Gasteiger partial charge < -0.3 is 15.0 Å². The van der Waals surface area contributed by atoms with Gasteiger partial charge >= 0.3 is 0 Å². The summed E-state index contributed by atoms with van der Waals surface area (Å²) in [5.74, 6) is -0.0434. The Bertz CT molecular complexity index is 1660. The van der Waals surface area contributed by atoms with E-state index in [-0.39, 0.29) is 29.7 Å². The minimum absolute atomic E-state index is 0.0226. The Balaban J connectivity index is 1.77. The Hall–Kier alpha value is -4.63. The Labute approximate surface area is 273 Å². The maximum absolute atomic E-state index is 14.5. The molecule has 0 radical (unpaired) electrons. The van der Waals surface area contributed by atoms with Crippen molar-refractivity contribution in [1.29, 1.82) is 0 Å². The van der Waals surface area contributed by atoms with E-state index in [1.54, 1.807) is 36.4 Å². The van der Waals surface area contributed by atoms with Crippen molar-refractivity contribution in [2.75, 3.05) is 24.0 Å². The molecule has 4 aromatic carbocycles. The molecule has 1 unspecified atom stereocenters. The summed E-state index contributed by atoms with van der Waals surface area (Å²) in [4.78, 5) is 29.9. The molecule has 46 heavy (non-hydrogen) atoms. The zero-order valence-electron chi connectivity index (χ0n) is 26.9. The van der Waals surface area contributed by atoms with Gasteiger partial charge in [-0.05, 0) is 67.3 Å². The number of nitrogens with zero attached hydrogens (tertiary/aromatic N) is 2. The number of hydrogen-bond acceptors (Lipinski definition) is 5. The van der Waals surface area contributed by atoms with Crippen molar-refractivity contribution < 1.29 is 22.7 Å². The molecular formula is C37H43N3O5S. The predicted molar refractivity (Wildman–Crippen MR) is 182 cm³/mol. The van der Waals surface area contributed by atoms with Crippen LogP contribution >= 0.6 is 0 Å². The van der Waals surface area contributed by atoms with E-state index in [1.807, 2.05) is 88.4 Å². The fourth-order valence-corrected chi connectivity index (χ4v) is 6.41. The number of aryl methyl sites for hydroxylation is 1. The number of hydrogen-bond donors (Lipinski definition) is 1. The van der Waals surface area contributed by atoms with Gasteiger partial charge in [-0.3, -0.25) is 13.9 Å². The van der Waals surface area contributed by atoms with Crippen molar-refractivity contribution >= 4 is 27.5 Å². The molecule has 4 rings (SSSR count). The van der Waals surface area contributed by atoms with Gasteiger partial charge in [0.2, 0.25) is 11.8 Å². The highest BCUT2D eigenvalue weighted by Crippen LogP contribution is 2.27. The number of carbonyl (C=O) groups is 2. The second kappa shape index (κ2) is 16.1. The molecule has 4 aromatic rings. The summed E-state index contributed by atoms with van der Waals surface area (Å²) in [5.41, 5.74) is 3.00. The van der Waals surface area contributed by atoms with Gasteiger partial charge in [0.1, 0.15) is 18.3 Å². The molecule has 0 saturated heterocycles. The third-order valence-electron chi connectivity index (χ3n) is 7.47. The van der Waals surface area contributed by atoms with Gasteiger partial charge in [-0.1, -0.05) is 92.2 Å². The van der Waals surface area contributed by atoms with Crippen molar-refractivity contribution in [2.24, 2.45) is 5.92 Å². The first kappa shape index (κ1) is 34.2. The minimum atomic E-state index is -4.20. The number of ether oxygens (including phenoxy) is 1. The SMILES string of the molecule is CCOc1ccc(S(=O)(=O)N(CC(=O)N(Cc2ccccc2)C(Cc2ccccc2)C(=O)NCC(C)C)c2ccc(C)cc2)cc1. The summed E-state index contributed by atoms with van der Waals surface area (Å²) in [7, 11) is -4.20. The van der Waals surface area contributed by atoms with Crippen molar-refractivity contribution in [3.63, 3.8) is 0 Å². The maximum atomic E-state index is 14.5. The van der Waals surface area contributed by atoms with Crippen LogP contribution in [0.4, 0.5) is 5.69 Å². The molecule has 242 valence electrons. The van der Waals surface area contributed by atoms with Crippen LogP contribution < -0.4 is 14.4 Å². The largest absolute Gasteiger partial charge is 0.494 e. The van der Waals surface area contributed by atoms with Crippen LogP contribution in [0.1, 0.15) is 37.5 Å². The van der Waals surface area contributed by atoms with Crippen LogP contribution in [-0.2, 0) is 32.6 Å². The van der Waals surface area contributed by atoms with Gasteiger partial charge in [-0.2, -0.15) is 0 Å². The molecule has 0 fully saturated rings. The lowest BCUT2D eigenvalue weighted by atomic mass is 10.0. The molecule has 0 aliphatic heterocycles.